The maximum absolute atomic E-state index is 12.3. The molecule has 6 nitrogen and oxygen atoms in total. The number of oxazole rings is 1. The molecule has 0 spiro atoms. The summed E-state index contributed by atoms with van der Waals surface area (Å²) in [6, 6.07) is 11.5. The molecule has 0 radical (unpaired) electrons. The Bertz CT molecular complexity index is 974. The molecule has 1 fully saturated rings. The second-order valence-electron chi connectivity index (χ2n) is 6.31. The van der Waals surface area contributed by atoms with Crippen LogP contribution in [-0.2, 0) is 10.0 Å². The minimum atomic E-state index is -3.48. The lowest BCUT2D eigenvalue weighted by Crippen LogP contribution is -2.38. The van der Waals surface area contributed by atoms with Crippen LogP contribution in [-0.4, -0.2) is 33.0 Å². The summed E-state index contributed by atoms with van der Waals surface area (Å²) in [6.07, 6.45) is 1.76. The summed E-state index contributed by atoms with van der Waals surface area (Å²) in [4.78, 5) is 6.64. The summed E-state index contributed by atoms with van der Waals surface area (Å²) >= 11 is 6.89. The van der Waals surface area contributed by atoms with E-state index in [2.05, 4.69) is 14.6 Å². The van der Waals surface area contributed by atoms with Crippen molar-refractivity contribution in [1.29, 1.82) is 0 Å². The number of anilines is 1. The van der Waals surface area contributed by atoms with E-state index < -0.39 is 10.0 Å². The number of nitrogens with one attached hydrogen (secondary N) is 1. The molecule has 0 bridgehead atoms. The summed E-state index contributed by atoms with van der Waals surface area (Å²) in [5, 5.41) is 0. The van der Waals surface area contributed by atoms with Crippen molar-refractivity contribution in [3.05, 3.63) is 40.7 Å². The number of para-hydroxylation sites is 2. The van der Waals surface area contributed by atoms with Gasteiger partial charge in [-0.25, -0.2) is 13.1 Å². The molecule has 1 saturated heterocycles. The van der Waals surface area contributed by atoms with Crippen LogP contribution >= 0.6 is 22.9 Å². The number of hydrogen-bond donors (Lipinski definition) is 1. The third kappa shape index (κ3) is 3.73. The second kappa shape index (κ2) is 7.19. The van der Waals surface area contributed by atoms with Crippen molar-refractivity contribution in [2.45, 2.75) is 17.1 Å². The van der Waals surface area contributed by atoms with E-state index >= 15 is 0 Å². The Morgan fingerprint density at radius 1 is 1.23 bits per heavy atom. The summed E-state index contributed by atoms with van der Waals surface area (Å²) in [5.74, 6) is 0.292. The monoisotopic (exact) mass is 411 g/mol. The smallest absolute Gasteiger partial charge is 0.298 e. The van der Waals surface area contributed by atoms with Gasteiger partial charge in [-0.2, -0.15) is 4.98 Å². The molecular weight excluding hydrogens is 394 g/mol. The van der Waals surface area contributed by atoms with Crippen molar-refractivity contribution in [3.8, 4) is 0 Å². The molecule has 1 aromatic carbocycles. The average Bonchev–Trinajstić information content (AvgIpc) is 3.27. The molecule has 0 atom stereocenters. The van der Waals surface area contributed by atoms with Crippen LogP contribution in [0.5, 0.6) is 0 Å². The van der Waals surface area contributed by atoms with Gasteiger partial charge in [-0.3, -0.25) is 0 Å². The molecule has 0 saturated carbocycles. The molecule has 138 valence electrons. The predicted octanol–water partition coefficient (Wildman–Crippen LogP) is 3.74. The lowest BCUT2D eigenvalue weighted by molar-refractivity contribution is 0.387. The van der Waals surface area contributed by atoms with Gasteiger partial charge >= 0.3 is 0 Å². The predicted molar refractivity (Wildman–Crippen MR) is 103 cm³/mol. The number of halogens is 1. The number of aromatic nitrogens is 1. The Hall–Kier alpha value is -1.61. The SMILES string of the molecule is O=S(=O)(NCC1CCN(c2nc3ccccc3o2)CC1)c1ccc(Cl)s1. The molecular formula is C17H18ClN3O3S2. The van der Waals surface area contributed by atoms with Crippen LogP contribution in [0.1, 0.15) is 12.8 Å². The van der Waals surface area contributed by atoms with E-state index in [-0.39, 0.29) is 4.21 Å². The number of thiophene rings is 1. The second-order valence-corrected chi connectivity index (χ2v) is 10.0. The van der Waals surface area contributed by atoms with E-state index in [1.807, 2.05) is 24.3 Å². The highest BCUT2D eigenvalue weighted by Crippen LogP contribution is 2.27. The van der Waals surface area contributed by atoms with E-state index in [1.165, 1.54) is 6.07 Å². The molecule has 3 aromatic rings. The van der Waals surface area contributed by atoms with Crippen LogP contribution in [0.25, 0.3) is 11.1 Å². The van der Waals surface area contributed by atoms with E-state index in [9.17, 15) is 8.42 Å². The summed E-state index contributed by atoms with van der Waals surface area (Å²) in [7, 11) is -3.48. The molecule has 4 rings (SSSR count). The first-order valence-electron chi connectivity index (χ1n) is 8.37. The minimum absolute atomic E-state index is 0.256. The Kier molecular flexibility index (Phi) is 4.92. The Morgan fingerprint density at radius 3 is 2.69 bits per heavy atom. The van der Waals surface area contributed by atoms with Crippen molar-refractivity contribution in [2.75, 3.05) is 24.5 Å². The first-order chi connectivity index (χ1) is 12.5. The first kappa shape index (κ1) is 17.8. The normalized spacial score (nSPS) is 16.4. The van der Waals surface area contributed by atoms with Gasteiger partial charge in [0, 0.05) is 19.6 Å². The highest BCUT2D eigenvalue weighted by Gasteiger charge is 2.25. The Morgan fingerprint density at radius 2 is 2.00 bits per heavy atom. The van der Waals surface area contributed by atoms with Crippen molar-refractivity contribution < 1.29 is 12.8 Å². The number of sulfonamides is 1. The molecule has 1 aliphatic rings. The zero-order valence-electron chi connectivity index (χ0n) is 13.9. The molecule has 0 aliphatic carbocycles. The number of piperidine rings is 1. The minimum Gasteiger partial charge on any atom is -0.423 e. The highest BCUT2D eigenvalue weighted by atomic mass is 35.5. The lowest BCUT2D eigenvalue weighted by Gasteiger charge is -2.30. The maximum Gasteiger partial charge on any atom is 0.298 e. The maximum atomic E-state index is 12.3. The molecule has 3 heterocycles. The fourth-order valence-electron chi connectivity index (χ4n) is 3.06. The topological polar surface area (TPSA) is 75.4 Å². The van der Waals surface area contributed by atoms with Crippen molar-refractivity contribution in [2.24, 2.45) is 5.92 Å². The molecule has 1 aliphatic heterocycles. The van der Waals surface area contributed by atoms with Crippen molar-refractivity contribution in [3.63, 3.8) is 0 Å². The zero-order chi connectivity index (χ0) is 18.1. The lowest BCUT2D eigenvalue weighted by atomic mass is 9.97. The Balaban J connectivity index is 1.33. The summed E-state index contributed by atoms with van der Waals surface area (Å²) in [5.41, 5.74) is 1.64. The number of rotatable bonds is 5. The van der Waals surface area contributed by atoms with Gasteiger partial charge in [0.1, 0.15) is 9.73 Å². The third-order valence-electron chi connectivity index (χ3n) is 4.54. The largest absolute Gasteiger partial charge is 0.423 e. The summed E-state index contributed by atoms with van der Waals surface area (Å²) < 4.78 is 33.8. The fourth-order valence-corrected chi connectivity index (χ4v) is 5.71. The van der Waals surface area contributed by atoms with Gasteiger partial charge in [-0.15, -0.1) is 11.3 Å². The van der Waals surface area contributed by atoms with Crippen LogP contribution in [0.3, 0.4) is 0 Å². The van der Waals surface area contributed by atoms with Gasteiger partial charge < -0.3 is 9.32 Å². The standard InChI is InChI=1S/C17H18ClN3O3S2/c18-15-5-6-16(25-15)26(22,23)19-11-12-7-9-21(10-8-12)17-20-13-3-1-2-4-14(13)24-17/h1-6,12,19H,7-11H2. The van der Waals surface area contributed by atoms with Gasteiger partial charge in [-0.05, 0) is 43.0 Å². The highest BCUT2D eigenvalue weighted by molar-refractivity contribution is 7.91. The van der Waals surface area contributed by atoms with Crippen molar-refractivity contribution >= 4 is 50.1 Å². The molecule has 1 N–H and O–H groups in total. The quantitative estimate of drug-likeness (QED) is 0.692. The van der Waals surface area contributed by atoms with E-state index in [1.54, 1.807) is 6.07 Å². The molecule has 26 heavy (non-hydrogen) atoms. The van der Waals surface area contributed by atoms with Crippen LogP contribution in [0.2, 0.25) is 4.34 Å². The van der Waals surface area contributed by atoms with Crippen LogP contribution < -0.4 is 9.62 Å². The number of fused-ring (bicyclic) bond motifs is 1. The third-order valence-corrected chi connectivity index (χ3v) is 7.69. The van der Waals surface area contributed by atoms with Gasteiger partial charge in [0.25, 0.3) is 6.01 Å². The van der Waals surface area contributed by atoms with Crippen LogP contribution in [0, 0.1) is 5.92 Å². The van der Waals surface area contributed by atoms with Crippen LogP contribution in [0.4, 0.5) is 6.01 Å². The molecule has 0 unspecified atom stereocenters. The fraction of sp³-hybridized carbons (Fsp3) is 0.353. The first-order valence-corrected chi connectivity index (χ1v) is 11.0. The Labute approximate surface area is 160 Å². The summed E-state index contributed by atoms with van der Waals surface area (Å²) in [6.45, 7) is 2.02. The van der Waals surface area contributed by atoms with Gasteiger partial charge in [0.2, 0.25) is 10.0 Å². The zero-order valence-corrected chi connectivity index (χ0v) is 16.3. The number of hydrogen-bond acceptors (Lipinski definition) is 6. The van der Waals surface area contributed by atoms with E-state index in [4.69, 9.17) is 16.0 Å². The molecule has 9 heteroatoms. The molecule has 2 aromatic heterocycles. The average molecular weight is 412 g/mol. The molecule has 0 amide bonds. The van der Waals surface area contributed by atoms with E-state index in [0.29, 0.717) is 22.8 Å². The van der Waals surface area contributed by atoms with Gasteiger partial charge in [0.05, 0.1) is 4.34 Å². The van der Waals surface area contributed by atoms with Crippen molar-refractivity contribution in [1.82, 2.24) is 9.71 Å². The number of benzene rings is 1. The number of nitrogens with zero attached hydrogens (tertiary/aromatic N) is 2. The van der Waals surface area contributed by atoms with Gasteiger partial charge in [0.15, 0.2) is 5.58 Å². The van der Waals surface area contributed by atoms with Crippen LogP contribution in [0.15, 0.2) is 45.0 Å². The van der Waals surface area contributed by atoms with Gasteiger partial charge in [-0.1, -0.05) is 23.7 Å². The van der Waals surface area contributed by atoms with E-state index in [0.717, 1.165) is 48.4 Å².